The Labute approximate surface area is 104 Å². The molecule has 0 bridgehead atoms. The number of hydrogen-bond donors (Lipinski definition) is 2. The van der Waals surface area contributed by atoms with Crippen molar-refractivity contribution in [1.82, 2.24) is 10.2 Å². The molecule has 1 saturated heterocycles. The van der Waals surface area contributed by atoms with Gasteiger partial charge in [-0.2, -0.15) is 0 Å². The zero-order valence-electron chi connectivity index (χ0n) is 10.8. The van der Waals surface area contributed by atoms with E-state index in [-0.39, 0.29) is 11.9 Å². The molecule has 2 aliphatic rings. The summed E-state index contributed by atoms with van der Waals surface area (Å²) in [6.45, 7) is 4.73. The first-order valence-corrected chi connectivity index (χ1v) is 6.95. The Kier molecular flexibility index (Phi) is 4.40. The summed E-state index contributed by atoms with van der Waals surface area (Å²) < 4.78 is 0. The molecule has 4 nitrogen and oxygen atoms in total. The van der Waals surface area contributed by atoms with Crippen molar-refractivity contribution in [3.05, 3.63) is 0 Å². The second-order valence-electron chi connectivity index (χ2n) is 5.57. The average molecular weight is 239 g/mol. The number of likely N-dealkylation sites (tertiary alicyclic amines) is 1. The van der Waals surface area contributed by atoms with Crippen LogP contribution in [0.25, 0.3) is 0 Å². The molecule has 0 aromatic rings. The highest BCUT2D eigenvalue weighted by atomic mass is 16.2. The highest BCUT2D eigenvalue weighted by molar-refractivity contribution is 5.81. The van der Waals surface area contributed by atoms with Crippen molar-refractivity contribution < 1.29 is 4.79 Å². The lowest BCUT2D eigenvalue weighted by Crippen LogP contribution is -2.53. The van der Waals surface area contributed by atoms with Gasteiger partial charge in [-0.25, -0.2) is 0 Å². The van der Waals surface area contributed by atoms with Gasteiger partial charge >= 0.3 is 0 Å². The van der Waals surface area contributed by atoms with Crippen LogP contribution in [-0.2, 0) is 4.79 Å². The lowest BCUT2D eigenvalue weighted by Gasteiger charge is -2.37. The molecule has 3 N–H and O–H groups in total. The van der Waals surface area contributed by atoms with Gasteiger partial charge in [0.2, 0.25) is 5.91 Å². The van der Waals surface area contributed by atoms with Gasteiger partial charge in [-0.3, -0.25) is 4.79 Å². The maximum absolute atomic E-state index is 12.0. The largest absolute Gasteiger partial charge is 0.337 e. The minimum atomic E-state index is -0.362. The van der Waals surface area contributed by atoms with Crippen LogP contribution < -0.4 is 11.1 Å². The van der Waals surface area contributed by atoms with E-state index >= 15 is 0 Å². The Balaban J connectivity index is 1.80. The number of nitrogens with zero attached hydrogens (tertiary/aromatic N) is 1. The van der Waals surface area contributed by atoms with Crippen LogP contribution in [0.4, 0.5) is 0 Å². The fourth-order valence-corrected chi connectivity index (χ4v) is 2.54. The van der Waals surface area contributed by atoms with Crippen molar-refractivity contribution >= 4 is 5.91 Å². The minimum absolute atomic E-state index is 0.114. The Hall–Kier alpha value is -0.610. The van der Waals surface area contributed by atoms with E-state index in [1.807, 2.05) is 4.90 Å². The molecule has 98 valence electrons. The second kappa shape index (κ2) is 5.83. The highest BCUT2D eigenvalue weighted by Crippen LogP contribution is 2.27. The predicted molar refractivity (Wildman–Crippen MR) is 68.6 cm³/mol. The summed E-state index contributed by atoms with van der Waals surface area (Å²) in [6.07, 6.45) is 6.23. The van der Waals surface area contributed by atoms with E-state index in [1.165, 1.54) is 19.3 Å². The van der Waals surface area contributed by atoms with Gasteiger partial charge < -0.3 is 16.0 Å². The standard InChI is InChI=1S/C13H25N3O/c1-10(14)13(17)16-7-3-2-4-12(16)9-15-8-11-5-6-11/h10-12,15H,2-9,14H2,1H3. The Morgan fingerprint density at radius 3 is 2.76 bits per heavy atom. The second-order valence-corrected chi connectivity index (χ2v) is 5.57. The summed E-state index contributed by atoms with van der Waals surface area (Å²) in [6, 6.07) is 0.0000297. The van der Waals surface area contributed by atoms with Gasteiger partial charge in [0, 0.05) is 19.1 Å². The van der Waals surface area contributed by atoms with Gasteiger partial charge in [-0.15, -0.1) is 0 Å². The maximum Gasteiger partial charge on any atom is 0.239 e. The molecular formula is C13H25N3O. The first kappa shape index (κ1) is 12.8. The molecule has 0 radical (unpaired) electrons. The SMILES string of the molecule is CC(N)C(=O)N1CCCCC1CNCC1CC1. The van der Waals surface area contributed by atoms with Crippen LogP contribution in [0.1, 0.15) is 39.0 Å². The molecule has 0 spiro atoms. The normalized spacial score (nSPS) is 26.9. The zero-order chi connectivity index (χ0) is 12.3. The van der Waals surface area contributed by atoms with Gasteiger partial charge in [0.15, 0.2) is 0 Å². The van der Waals surface area contributed by atoms with Gasteiger partial charge in [-0.1, -0.05) is 0 Å². The van der Waals surface area contributed by atoms with Crippen molar-refractivity contribution in [2.24, 2.45) is 11.7 Å². The van der Waals surface area contributed by atoms with Crippen molar-refractivity contribution in [3.63, 3.8) is 0 Å². The number of carbonyl (C=O) groups excluding carboxylic acids is 1. The lowest BCUT2D eigenvalue weighted by molar-refractivity contribution is -0.135. The number of carbonyl (C=O) groups is 1. The number of nitrogens with two attached hydrogens (primary N) is 1. The van der Waals surface area contributed by atoms with Crippen molar-refractivity contribution in [1.29, 1.82) is 0 Å². The van der Waals surface area contributed by atoms with E-state index in [2.05, 4.69) is 5.32 Å². The molecule has 2 rings (SSSR count). The number of nitrogens with one attached hydrogen (secondary N) is 1. The summed E-state index contributed by atoms with van der Waals surface area (Å²) >= 11 is 0. The van der Waals surface area contributed by atoms with E-state index in [4.69, 9.17) is 5.73 Å². The van der Waals surface area contributed by atoms with E-state index in [0.29, 0.717) is 6.04 Å². The summed E-state index contributed by atoms with van der Waals surface area (Å²) in [5, 5.41) is 3.51. The van der Waals surface area contributed by atoms with Crippen LogP contribution >= 0.6 is 0 Å². The topological polar surface area (TPSA) is 58.4 Å². The number of amides is 1. The summed E-state index contributed by atoms with van der Waals surface area (Å²) in [4.78, 5) is 14.0. The summed E-state index contributed by atoms with van der Waals surface area (Å²) in [5.74, 6) is 1.01. The van der Waals surface area contributed by atoms with Gasteiger partial charge in [0.05, 0.1) is 6.04 Å². The molecule has 1 aliphatic carbocycles. The van der Waals surface area contributed by atoms with Gasteiger partial charge in [-0.05, 0) is 51.5 Å². The molecule has 17 heavy (non-hydrogen) atoms. The Morgan fingerprint density at radius 1 is 1.35 bits per heavy atom. The van der Waals surface area contributed by atoms with Crippen LogP contribution in [-0.4, -0.2) is 42.5 Å². The predicted octanol–water partition coefficient (Wildman–Crippen LogP) is 0.714. The molecule has 1 amide bonds. The van der Waals surface area contributed by atoms with Gasteiger partial charge in [0.1, 0.15) is 0 Å². The van der Waals surface area contributed by atoms with E-state index in [0.717, 1.165) is 38.4 Å². The molecule has 4 heteroatoms. The lowest BCUT2D eigenvalue weighted by atomic mass is 10.0. The highest BCUT2D eigenvalue weighted by Gasteiger charge is 2.28. The third kappa shape index (κ3) is 3.68. The third-order valence-electron chi connectivity index (χ3n) is 3.81. The molecule has 1 aliphatic heterocycles. The molecule has 2 unspecified atom stereocenters. The third-order valence-corrected chi connectivity index (χ3v) is 3.81. The van der Waals surface area contributed by atoms with Crippen molar-refractivity contribution in [2.45, 2.75) is 51.1 Å². The fraction of sp³-hybridized carbons (Fsp3) is 0.923. The summed E-state index contributed by atoms with van der Waals surface area (Å²) in [7, 11) is 0. The first-order chi connectivity index (χ1) is 8.18. The maximum atomic E-state index is 12.0. The average Bonchev–Trinajstić information content (AvgIpc) is 3.13. The number of hydrogen-bond acceptors (Lipinski definition) is 3. The van der Waals surface area contributed by atoms with Crippen LogP contribution in [0.3, 0.4) is 0 Å². The van der Waals surface area contributed by atoms with Gasteiger partial charge in [0.25, 0.3) is 0 Å². The fourth-order valence-electron chi connectivity index (χ4n) is 2.54. The first-order valence-electron chi connectivity index (χ1n) is 6.95. The monoisotopic (exact) mass is 239 g/mol. The van der Waals surface area contributed by atoms with Crippen LogP contribution in [0.2, 0.25) is 0 Å². The number of piperidine rings is 1. The minimum Gasteiger partial charge on any atom is -0.337 e. The Morgan fingerprint density at radius 2 is 2.12 bits per heavy atom. The quantitative estimate of drug-likeness (QED) is 0.743. The van der Waals surface area contributed by atoms with Crippen LogP contribution in [0.15, 0.2) is 0 Å². The van der Waals surface area contributed by atoms with Crippen molar-refractivity contribution in [2.75, 3.05) is 19.6 Å². The van der Waals surface area contributed by atoms with Crippen molar-refractivity contribution in [3.8, 4) is 0 Å². The molecule has 0 aromatic carbocycles. The van der Waals surface area contributed by atoms with Crippen LogP contribution in [0.5, 0.6) is 0 Å². The molecule has 1 heterocycles. The number of rotatable bonds is 5. The molecular weight excluding hydrogens is 214 g/mol. The molecule has 2 fully saturated rings. The molecule has 2 atom stereocenters. The Bertz CT molecular complexity index is 263. The summed E-state index contributed by atoms with van der Waals surface area (Å²) in [5.41, 5.74) is 5.70. The molecule has 0 aromatic heterocycles. The van der Waals surface area contributed by atoms with E-state index in [1.54, 1.807) is 6.92 Å². The van der Waals surface area contributed by atoms with E-state index in [9.17, 15) is 4.79 Å². The smallest absolute Gasteiger partial charge is 0.239 e. The van der Waals surface area contributed by atoms with E-state index < -0.39 is 0 Å². The molecule has 1 saturated carbocycles. The zero-order valence-corrected chi connectivity index (χ0v) is 10.8. The van der Waals surface area contributed by atoms with Crippen LogP contribution in [0, 0.1) is 5.92 Å².